The van der Waals surface area contributed by atoms with E-state index < -0.39 is 102 Å². The minimum Gasteiger partial charge on any atom is -0.480 e. The Bertz CT molecular complexity index is 1440. The summed E-state index contributed by atoms with van der Waals surface area (Å²) in [5, 5.41) is 37.4. The summed E-state index contributed by atoms with van der Waals surface area (Å²) in [6.45, 7) is 27.1. The molecule has 0 aromatic carbocycles. The highest BCUT2D eigenvalue weighted by Gasteiger charge is 2.50. The monoisotopic (exact) mass is 887 g/mol. The Labute approximate surface area is 370 Å². The third-order valence-electron chi connectivity index (χ3n) is 10.4. The first-order valence-electron chi connectivity index (χ1n) is 21.6. The predicted octanol–water partition coefficient (Wildman–Crippen LogP) is 2.35. The van der Waals surface area contributed by atoms with Gasteiger partial charge in [-0.25, -0.2) is 9.59 Å². The molecule has 0 aromatic rings. The summed E-state index contributed by atoms with van der Waals surface area (Å²) in [6.07, 6.45) is 1.81. The van der Waals surface area contributed by atoms with Crippen molar-refractivity contribution in [3.63, 3.8) is 0 Å². The summed E-state index contributed by atoms with van der Waals surface area (Å²) in [7, 11) is -1.85. The Kier molecular flexibility index (Phi) is 24.3. The molecule has 0 unspecified atom stereocenters. The van der Waals surface area contributed by atoms with Crippen LogP contribution in [0.5, 0.6) is 0 Å². The van der Waals surface area contributed by atoms with Crippen molar-refractivity contribution in [2.45, 2.75) is 189 Å². The lowest BCUT2D eigenvalue weighted by atomic mass is 9.80. The molecule has 62 heavy (non-hydrogen) atoms. The topological polar surface area (TPSA) is 300 Å². The first-order valence-corrected chi connectivity index (χ1v) is 21.6. The van der Waals surface area contributed by atoms with Crippen molar-refractivity contribution in [2.75, 3.05) is 13.1 Å². The van der Waals surface area contributed by atoms with E-state index in [0.29, 0.717) is 32.0 Å². The second-order valence-electron chi connectivity index (χ2n) is 19.8. The van der Waals surface area contributed by atoms with Crippen molar-refractivity contribution in [1.82, 2.24) is 21.3 Å². The van der Waals surface area contributed by atoms with Gasteiger partial charge in [0.1, 0.15) is 29.3 Å². The second-order valence-corrected chi connectivity index (χ2v) is 19.8. The molecular formula is C41H80B2N6O13. The van der Waals surface area contributed by atoms with Gasteiger partial charge in [0.15, 0.2) is 0 Å². The van der Waals surface area contributed by atoms with Crippen LogP contribution in [0.2, 0.25) is 12.6 Å². The lowest BCUT2D eigenvalue weighted by molar-refractivity contribution is -0.160. The zero-order valence-corrected chi connectivity index (χ0v) is 40.0. The molecule has 0 aromatic heterocycles. The zero-order chi connectivity index (χ0) is 48.6. The van der Waals surface area contributed by atoms with Crippen LogP contribution in [0.3, 0.4) is 0 Å². The van der Waals surface area contributed by atoms with Crippen LogP contribution in [-0.2, 0) is 42.8 Å². The summed E-state index contributed by atoms with van der Waals surface area (Å²) in [6, 6.07) is -3.65. The van der Waals surface area contributed by atoms with E-state index in [1.165, 1.54) is 6.92 Å². The predicted molar refractivity (Wildman–Crippen MR) is 237 cm³/mol. The van der Waals surface area contributed by atoms with Gasteiger partial charge in [-0.2, -0.15) is 0 Å². The molecule has 1 fully saturated rings. The van der Waals surface area contributed by atoms with Crippen LogP contribution < -0.4 is 32.7 Å². The minimum atomic E-state index is -1.43. The van der Waals surface area contributed by atoms with Crippen molar-refractivity contribution >= 4 is 50.0 Å². The first kappa shape index (κ1) is 58.5. The summed E-state index contributed by atoms with van der Waals surface area (Å²) < 4.78 is 23.2. The van der Waals surface area contributed by atoms with Gasteiger partial charge >= 0.3 is 32.3 Å². The van der Waals surface area contributed by atoms with Crippen LogP contribution in [0.1, 0.15) is 130 Å². The Balaban J connectivity index is 0.00000149. The standard InChI is InChI=1S/C29H54BN3O8.C12H26BN3O5/c1-18(2)21(33-25(37)39-27(7,8)9)23(35)31-17-20(22(32-19(3)34)24(36)38-26(4,5)6)15-14-16-30-40-28(10,11)29(12,13)41-30;1-7(2)9(14)11(17)16-6-8(10(15)12(18)19)4-3-5-13(20)21/h18,20-22H,14-17H2,1-13H3,(H,31,35)(H,32,34)(H,33,37);7-10,20-21H,3-6,14-15H2,1-2H3,(H,16,17)(H,18,19)/t20-,21-,22-;8-,9-,10-/m00/s1. The number of hydrogen-bond acceptors (Lipinski definition) is 14. The lowest BCUT2D eigenvalue weighted by Crippen LogP contribution is -2.54. The smallest absolute Gasteiger partial charge is 0.457 e. The molecule has 1 aliphatic rings. The number of esters is 1. The summed E-state index contributed by atoms with van der Waals surface area (Å²) >= 11 is 0. The molecule has 0 bridgehead atoms. The fourth-order valence-electron chi connectivity index (χ4n) is 6.11. The van der Waals surface area contributed by atoms with Gasteiger partial charge in [-0.15, -0.1) is 0 Å². The van der Waals surface area contributed by atoms with Crippen molar-refractivity contribution in [3.05, 3.63) is 0 Å². The Morgan fingerprint density at radius 3 is 1.63 bits per heavy atom. The van der Waals surface area contributed by atoms with E-state index in [-0.39, 0.29) is 37.2 Å². The highest BCUT2D eigenvalue weighted by molar-refractivity contribution is 6.45. The SMILES string of the molecule is CC(=O)N[C@H](C(=O)OC(C)(C)C)[C@@H](CCCB1OC(C)(C)C(C)(C)O1)CNC(=O)[C@@H](NC(=O)OC(C)(C)C)C(C)C.CC(C)[C@H](N)C(=O)NC[C@H](CCCB(O)O)[C@H](N)C(=O)O. The van der Waals surface area contributed by atoms with Crippen molar-refractivity contribution in [3.8, 4) is 0 Å². The Morgan fingerprint density at radius 1 is 0.710 bits per heavy atom. The van der Waals surface area contributed by atoms with Crippen LogP contribution in [0.4, 0.5) is 4.79 Å². The van der Waals surface area contributed by atoms with Gasteiger partial charge in [0.05, 0.1) is 17.2 Å². The average molecular weight is 887 g/mol. The van der Waals surface area contributed by atoms with E-state index in [9.17, 15) is 28.8 Å². The molecule has 1 saturated heterocycles. The van der Waals surface area contributed by atoms with E-state index in [1.807, 2.05) is 55.4 Å². The maximum atomic E-state index is 13.2. The number of aliphatic carboxylic acids is 1. The van der Waals surface area contributed by atoms with Crippen molar-refractivity contribution in [2.24, 2.45) is 35.1 Å². The zero-order valence-electron chi connectivity index (χ0n) is 40.0. The number of carbonyl (C=O) groups excluding carboxylic acids is 5. The molecule has 1 heterocycles. The summed E-state index contributed by atoms with van der Waals surface area (Å²) in [5.74, 6) is -4.18. The fourth-order valence-corrected chi connectivity index (χ4v) is 6.11. The molecule has 0 aliphatic carbocycles. The number of carbonyl (C=O) groups is 6. The molecule has 21 heteroatoms. The van der Waals surface area contributed by atoms with Crippen LogP contribution in [-0.4, -0.2) is 125 Å². The van der Waals surface area contributed by atoms with E-state index in [4.69, 9.17) is 45.4 Å². The van der Waals surface area contributed by atoms with E-state index in [2.05, 4.69) is 21.3 Å². The van der Waals surface area contributed by atoms with E-state index in [0.717, 1.165) is 0 Å². The molecule has 0 spiro atoms. The Morgan fingerprint density at radius 2 is 1.19 bits per heavy atom. The minimum absolute atomic E-state index is 0.0267. The molecule has 1 aliphatic heterocycles. The molecule has 0 radical (unpaired) electrons. The number of rotatable bonds is 22. The third kappa shape index (κ3) is 22.7. The summed E-state index contributed by atoms with van der Waals surface area (Å²) in [4.78, 5) is 73.7. The number of hydrogen-bond donors (Lipinski definition) is 9. The average Bonchev–Trinajstić information content (AvgIpc) is 3.31. The molecule has 0 saturated carbocycles. The lowest BCUT2D eigenvalue weighted by Gasteiger charge is -2.32. The third-order valence-corrected chi connectivity index (χ3v) is 10.4. The maximum Gasteiger partial charge on any atom is 0.457 e. The number of alkyl carbamates (subject to hydrolysis) is 1. The van der Waals surface area contributed by atoms with Gasteiger partial charge < -0.3 is 66.7 Å². The van der Waals surface area contributed by atoms with Gasteiger partial charge in [0, 0.05) is 31.8 Å². The van der Waals surface area contributed by atoms with Gasteiger partial charge in [0.2, 0.25) is 17.7 Å². The van der Waals surface area contributed by atoms with Crippen LogP contribution >= 0.6 is 0 Å². The summed E-state index contributed by atoms with van der Waals surface area (Å²) in [5.41, 5.74) is 8.87. The normalized spacial score (nSPS) is 17.6. The molecule has 6 atom stereocenters. The fraction of sp³-hybridized carbons (Fsp3) is 0.854. The largest absolute Gasteiger partial charge is 0.480 e. The number of carboxylic acids is 1. The molecule has 19 nitrogen and oxygen atoms in total. The van der Waals surface area contributed by atoms with E-state index >= 15 is 0 Å². The molecule has 11 N–H and O–H groups in total. The highest BCUT2D eigenvalue weighted by Crippen LogP contribution is 2.38. The molecule has 1 rings (SSSR count). The van der Waals surface area contributed by atoms with E-state index in [1.54, 1.807) is 41.5 Å². The maximum absolute atomic E-state index is 13.2. The van der Waals surface area contributed by atoms with Crippen LogP contribution in [0.25, 0.3) is 0 Å². The Hall–Kier alpha value is -3.49. The van der Waals surface area contributed by atoms with Gasteiger partial charge in [0.25, 0.3) is 0 Å². The molecule has 4 amide bonds. The number of ether oxygens (including phenoxy) is 2. The quantitative estimate of drug-likeness (QED) is 0.0557. The highest BCUT2D eigenvalue weighted by atomic mass is 16.7. The first-order chi connectivity index (χ1) is 28.1. The number of amides is 4. The number of carboxylic acid groups (broad SMARTS) is 1. The van der Waals surface area contributed by atoms with Gasteiger partial charge in [-0.1, -0.05) is 40.5 Å². The number of nitrogens with one attached hydrogen (secondary N) is 4. The second kappa shape index (κ2) is 25.7. The van der Waals surface area contributed by atoms with Crippen molar-refractivity contribution in [1.29, 1.82) is 0 Å². The molecular weight excluding hydrogens is 806 g/mol. The molecule has 358 valence electrons. The van der Waals surface area contributed by atoms with Gasteiger partial charge in [-0.3, -0.25) is 19.2 Å². The van der Waals surface area contributed by atoms with Gasteiger partial charge in [-0.05, 0) is 107 Å². The van der Waals surface area contributed by atoms with Crippen LogP contribution in [0, 0.1) is 23.7 Å². The van der Waals surface area contributed by atoms with Crippen molar-refractivity contribution < 1.29 is 62.7 Å². The van der Waals surface area contributed by atoms with Crippen LogP contribution in [0.15, 0.2) is 0 Å². The number of nitrogens with two attached hydrogens (primary N) is 2.